The van der Waals surface area contributed by atoms with E-state index in [-0.39, 0.29) is 27.3 Å². The van der Waals surface area contributed by atoms with Gasteiger partial charge in [-0.15, -0.1) is 0 Å². The predicted octanol–water partition coefficient (Wildman–Crippen LogP) is 6.33. The van der Waals surface area contributed by atoms with Gasteiger partial charge in [0.05, 0.1) is 21.4 Å². The Morgan fingerprint density at radius 2 is 1.48 bits per heavy atom. The molecule has 0 saturated heterocycles. The molecule has 0 bridgehead atoms. The Hall–Kier alpha value is -3.03. The second-order valence-corrected chi connectivity index (χ2v) is 8.50. The van der Waals surface area contributed by atoms with Crippen molar-refractivity contribution >= 4 is 81.2 Å². The lowest BCUT2D eigenvalue weighted by Crippen LogP contribution is -2.32. The van der Waals surface area contributed by atoms with Gasteiger partial charge < -0.3 is 10.6 Å². The van der Waals surface area contributed by atoms with Crippen molar-refractivity contribution in [2.24, 2.45) is 0 Å². The summed E-state index contributed by atoms with van der Waals surface area (Å²) in [5.41, 5.74) is 1.35. The van der Waals surface area contributed by atoms with E-state index in [0.29, 0.717) is 27.0 Å². The summed E-state index contributed by atoms with van der Waals surface area (Å²) in [6.07, 6.45) is 0. The first kappa shape index (κ1) is 23.1. The molecule has 6 nitrogen and oxygen atoms in total. The van der Waals surface area contributed by atoms with Crippen LogP contribution in [0.15, 0.2) is 77.5 Å². The molecule has 0 aliphatic carbocycles. The van der Waals surface area contributed by atoms with Gasteiger partial charge in [-0.25, -0.2) is 4.90 Å². The molecule has 0 saturated carbocycles. The van der Waals surface area contributed by atoms with Crippen LogP contribution in [-0.2, 0) is 9.59 Å². The zero-order chi connectivity index (χ0) is 23.7. The van der Waals surface area contributed by atoms with Crippen LogP contribution in [0.25, 0.3) is 0 Å². The molecular formula is C23H13Cl4N3O3. The highest BCUT2D eigenvalue weighted by Gasteiger charge is 2.39. The van der Waals surface area contributed by atoms with Crippen molar-refractivity contribution in [1.82, 2.24) is 0 Å². The summed E-state index contributed by atoms with van der Waals surface area (Å²) in [6, 6.07) is 17.4. The fourth-order valence-electron chi connectivity index (χ4n) is 3.10. The summed E-state index contributed by atoms with van der Waals surface area (Å²) in [5.74, 6) is -1.72. The Morgan fingerprint density at radius 1 is 0.788 bits per heavy atom. The zero-order valence-corrected chi connectivity index (χ0v) is 19.6. The molecule has 4 rings (SSSR count). The molecule has 3 aromatic rings. The van der Waals surface area contributed by atoms with E-state index in [1.54, 1.807) is 60.7 Å². The fourth-order valence-corrected chi connectivity index (χ4v) is 3.99. The monoisotopic (exact) mass is 519 g/mol. The van der Waals surface area contributed by atoms with Crippen molar-refractivity contribution in [2.75, 3.05) is 15.5 Å². The first-order valence-electron chi connectivity index (χ1n) is 9.43. The van der Waals surface area contributed by atoms with Crippen LogP contribution >= 0.6 is 46.4 Å². The normalized spacial score (nSPS) is 13.5. The van der Waals surface area contributed by atoms with Crippen molar-refractivity contribution in [1.29, 1.82) is 0 Å². The molecule has 0 spiro atoms. The van der Waals surface area contributed by atoms with Gasteiger partial charge in [-0.1, -0.05) is 58.5 Å². The van der Waals surface area contributed by atoms with Gasteiger partial charge in [-0.3, -0.25) is 14.4 Å². The number of imide groups is 1. The molecule has 0 atom stereocenters. The molecule has 2 N–H and O–H groups in total. The summed E-state index contributed by atoms with van der Waals surface area (Å²) < 4.78 is 0. The lowest BCUT2D eigenvalue weighted by molar-refractivity contribution is -0.120. The number of carbonyl (C=O) groups excluding carboxylic acids is 3. The van der Waals surface area contributed by atoms with Crippen LogP contribution in [0.4, 0.5) is 17.1 Å². The van der Waals surface area contributed by atoms with E-state index >= 15 is 0 Å². The quantitative estimate of drug-likeness (QED) is 0.385. The summed E-state index contributed by atoms with van der Waals surface area (Å²) in [7, 11) is 0. The van der Waals surface area contributed by atoms with Gasteiger partial charge >= 0.3 is 0 Å². The maximum Gasteiger partial charge on any atom is 0.283 e. The van der Waals surface area contributed by atoms with Crippen LogP contribution in [0.3, 0.4) is 0 Å². The average Bonchev–Trinajstić information content (AvgIpc) is 3.00. The Labute approximate surface area is 208 Å². The van der Waals surface area contributed by atoms with Gasteiger partial charge in [-0.05, 0) is 54.6 Å². The van der Waals surface area contributed by atoms with Crippen LogP contribution in [0.2, 0.25) is 15.1 Å². The highest BCUT2D eigenvalue weighted by Crippen LogP contribution is 2.34. The van der Waals surface area contributed by atoms with E-state index < -0.39 is 11.8 Å². The number of nitrogens with zero attached hydrogens (tertiary/aromatic N) is 1. The third-order valence-corrected chi connectivity index (χ3v) is 5.93. The largest absolute Gasteiger partial charge is 0.350 e. The van der Waals surface area contributed by atoms with Crippen LogP contribution in [-0.4, -0.2) is 17.7 Å². The number of nitrogens with one attached hydrogen (secondary N) is 2. The summed E-state index contributed by atoms with van der Waals surface area (Å²) >= 11 is 24.2. The number of hydrogen-bond donors (Lipinski definition) is 2. The Kier molecular flexibility index (Phi) is 6.63. The molecule has 1 aliphatic rings. The zero-order valence-electron chi connectivity index (χ0n) is 16.5. The average molecular weight is 521 g/mol. The first-order valence-corrected chi connectivity index (χ1v) is 10.9. The van der Waals surface area contributed by atoms with E-state index in [1.165, 1.54) is 6.07 Å². The van der Waals surface area contributed by atoms with Crippen LogP contribution in [0.5, 0.6) is 0 Å². The van der Waals surface area contributed by atoms with Gasteiger partial charge in [0, 0.05) is 16.3 Å². The smallest absolute Gasteiger partial charge is 0.283 e. The number of rotatable bonds is 5. The molecule has 10 heteroatoms. The van der Waals surface area contributed by atoms with E-state index in [4.69, 9.17) is 46.4 Å². The molecule has 3 amide bonds. The number of carbonyl (C=O) groups is 3. The Morgan fingerprint density at radius 3 is 2.15 bits per heavy atom. The maximum atomic E-state index is 12.9. The maximum absolute atomic E-state index is 12.9. The Balaban J connectivity index is 1.49. The van der Waals surface area contributed by atoms with Crippen molar-refractivity contribution in [3.63, 3.8) is 0 Å². The number of halogens is 4. The standard InChI is InChI=1S/C23H13Cl4N3O3/c24-13-7-10-17(16(26)11-13)29-21(31)12-5-8-14(9-6-12)28-20-19(27)22(32)30(23(20)33)18-4-2-1-3-15(18)25/h1-11,28H,(H,29,31). The molecule has 0 radical (unpaired) electrons. The molecule has 0 aromatic heterocycles. The van der Waals surface area contributed by atoms with Gasteiger partial charge in [0.25, 0.3) is 17.7 Å². The molecular weight excluding hydrogens is 508 g/mol. The topological polar surface area (TPSA) is 78.5 Å². The molecule has 3 aromatic carbocycles. The first-order chi connectivity index (χ1) is 15.8. The molecule has 0 fully saturated rings. The number of benzene rings is 3. The van der Waals surface area contributed by atoms with Gasteiger partial charge in [0.15, 0.2) is 0 Å². The minimum absolute atomic E-state index is 0.0910. The van der Waals surface area contributed by atoms with Crippen LogP contribution < -0.4 is 15.5 Å². The van der Waals surface area contributed by atoms with Crippen molar-refractivity contribution < 1.29 is 14.4 Å². The van der Waals surface area contributed by atoms with Crippen LogP contribution in [0, 0.1) is 0 Å². The number of anilines is 3. The second kappa shape index (κ2) is 9.45. The summed E-state index contributed by atoms with van der Waals surface area (Å²) in [5, 5.41) is 6.28. The van der Waals surface area contributed by atoms with E-state index in [2.05, 4.69) is 10.6 Å². The molecule has 0 unspecified atom stereocenters. The minimum atomic E-state index is -0.687. The van der Waals surface area contributed by atoms with Crippen molar-refractivity contribution in [3.05, 3.63) is 98.1 Å². The van der Waals surface area contributed by atoms with Gasteiger partial charge in [0.2, 0.25) is 0 Å². The third kappa shape index (κ3) is 4.70. The number of hydrogen-bond acceptors (Lipinski definition) is 4. The number of para-hydroxylation sites is 1. The summed E-state index contributed by atoms with van der Waals surface area (Å²) in [6.45, 7) is 0. The highest BCUT2D eigenvalue weighted by atomic mass is 35.5. The van der Waals surface area contributed by atoms with Crippen LogP contribution in [0.1, 0.15) is 10.4 Å². The minimum Gasteiger partial charge on any atom is -0.350 e. The molecule has 33 heavy (non-hydrogen) atoms. The van der Waals surface area contributed by atoms with E-state index in [1.807, 2.05) is 0 Å². The fraction of sp³-hybridized carbons (Fsp3) is 0. The lowest BCUT2D eigenvalue weighted by Gasteiger charge is -2.16. The molecule has 1 heterocycles. The molecule has 166 valence electrons. The Bertz CT molecular complexity index is 1320. The van der Waals surface area contributed by atoms with Gasteiger partial charge in [-0.2, -0.15) is 0 Å². The summed E-state index contributed by atoms with van der Waals surface area (Å²) in [4.78, 5) is 38.9. The second-order valence-electron chi connectivity index (χ2n) is 6.87. The van der Waals surface area contributed by atoms with E-state index in [9.17, 15) is 14.4 Å². The van der Waals surface area contributed by atoms with E-state index in [0.717, 1.165) is 4.90 Å². The lowest BCUT2D eigenvalue weighted by atomic mass is 10.2. The van der Waals surface area contributed by atoms with Gasteiger partial charge in [0.1, 0.15) is 10.7 Å². The molecule has 1 aliphatic heterocycles. The number of amides is 3. The SMILES string of the molecule is O=C(Nc1ccc(Cl)cc1Cl)c1ccc(NC2=C(Cl)C(=O)N(c3ccccc3Cl)C2=O)cc1. The predicted molar refractivity (Wildman–Crippen MR) is 131 cm³/mol. The third-order valence-electron chi connectivity index (χ3n) is 4.72. The highest BCUT2D eigenvalue weighted by molar-refractivity contribution is 6.53. The van der Waals surface area contributed by atoms with Crippen molar-refractivity contribution in [3.8, 4) is 0 Å². The van der Waals surface area contributed by atoms with Crippen molar-refractivity contribution in [2.45, 2.75) is 0 Å².